The minimum absolute atomic E-state index is 0.331. The van der Waals surface area contributed by atoms with E-state index in [9.17, 15) is 8.78 Å². The van der Waals surface area contributed by atoms with Crippen molar-refractivity contribution in [3.8, 4) is 22.1 Å². The van der Waals surface area contributed by atoms with Gasteiger partial charge in [0.25, 0.3) is 0 Å². The van der Waals surface area contributed by atoms with Crippen LogP contribution in [-0.2, 0) is 0 Å². The van der Waals surface area contributed by atoms with Gasteiger partial charge in [-0.25, -0.2) is 13.8 Å². The molecule has 0 aliphatic heterocycles. The molecule has 106 valence electrons. The molecule has 1 heterocycles. The molecule has 2 N–H and O–H groups in total. The van der Waals surface area contributed by atoms with E-state index in [0.29, 0.717) is 27.2 Å². The van der Waals surface area contributed by atoms with Crippen molar-refractivity contribution >= 4 is 16.5 Å². The number of nitrogens with two attached hydrogens (primary N) is 1. The molecule has 3 aromatic rings. The molecule has 2 aromatic carbocycles. The number of nitrogen functional groups attached to an aromatic ring is 1. The average Bonchev–Trinajstić information content (AvgIpc) is 2.83. The topological polar surface area (TPSA) is 48.1 Å². The summed E-state index contributed by atoms with van der Waals surface area (Å²) in [5.41, 5.74) is 6.94. The van der Waals surface area contributed by atoms with E-state index in [2.05, 4.69) is 4.98 Å². The van der Waals surface area contributed by atoms with Crippen LogP contribution in [0.5, 0.6) is 10.8 Å². The smallest absolute Gasteiger partial charge is 0.210 e. The van der Waals surface area contributed by atoms with Gasteiger partial charge in [-0.1, -0.05) is 11.3 Å². The molecule has 0 fully saturated rings. The Labute approximate surface area is 123 Å². The maximum atomic E-state index is 13.0. The zero-order valence-electron chi connectivity index (χ0n) is 10.7. The summed E-state index contributed by atoms with van der Waals surface area (Å²) in [4.78, 5) is 4.20. The van der Waals surface area contributed by atoms with Crippen LogP contribution in [-0.4, -0.2) is 4.98 Å². The van der Waals surface area contributed by atoms with Gasteiger partial charge in [0.1, 0.15) is 23.1 Å². The Balaban J connectivity index is 1.95. The van der Waals surface area contributed by atoms with Crippen LogP contribution in [0.1, 0.15) is 0 Å². The lowest BCUT2D eigenvalue weighted by Gasteiger charge is -2.05. The Morgan fingerprint density at radius 1 is 0.905 bits per heavy atom. The molecule has 6 heteroatoms. The molecule has 3 nitrogen and oxygen atoms in total. The second-order valence-corrected chi connectivity index (χ2v) is 5.24. The SMILES string of the molecule is Nc1nc(-c2ccc(F)cc2)c(Oc2ccc(F)cc2)s1. The highest BCUT2D eigenvalue weighted by atomic mass is 32.1. The van der Waals surface area contributed by atoms with E-state index < -0.39 is 0 Å². The highest BCUT2D eigenvalue weighted by Crippen LogP contribution is 2.39. The molecule has 0 saturated carbocycles. The first-order valence-corrected chi connectivity index (χ1v) is 6.89. The number of halogens is 2. The number of aromatic nitrogens is 1. The van der Waals surface area contributed by atoms with Crippen LogP contribution >= 0.6 is 11.3 Å². The van der Waals surface area contributed by atoms with E-state index in [1.165, 1.54) is 47.7 Å². The van der Waals surface area contributed by atoms with Crippen LogP contribution < -0.4 is 10.5 Å². The largest absolute Gasteiger partial charge is 0.444 e. The van der Waals surface area contributed by atoms with Gasteiger partial charge in [-0.2, -0.15) is 0 Å². The molecule has 1 aromatic heterocycles. The minimum Gasteiger partial charge on any atom is -0.444 e. The maximum Gasteiger partial charge on any atom is 0.210 e. The Morgan fingerprint density at radius 3 is 2.10 bits per heavy atom. The van der Waals surface area contributed by atoms with E-state index in [4.69, 9.17) is 10.5 Å². The molecular weight excluding hydrogens is 294 g/mol. The summed E-state index contributed by atoms with van der Waals surface area (Å²) in [6.45, 7) is 0. The number of nitrogens with zero attached hydrogens (tertiary/aromatic N) is 1. The number of hydrogen-bond donors (Lipinski definition) is 1. The fourth-order valence-corrected chi connectivity index (χ4v) is 2.52. The Kier molecular flexibility index (Phi) is 3.53. The molecule has 0 amide bonds. The molecule has 21 heavy (non-hydrogen) atoms. The van der Waals surface area contributed by atoms with Crippen molar-refractivity contribution in [1.29, 1.82) is 0 Å². The third-order valence-corrected chi connectivity index (χ3v) is 3.52. The molecule has 0 saturated heterocycles. The van der Waals surface area contributed by atoms with Crippen LogP contribution in [0.4, 0.5) is 13.9 Å². The third kappa shape index (κ3) is 3.00. The van der Waals surface area contributed by atoms with Crippen LogP contribution in [0.15, 0.2) is 48.5 Å². The fourth-order valence-electron chi connectivity index (χ4n) is 1.79. The monoisotopic (exact) mass is 304 g/mol. The third-order valence-electron chi connectivity index (χ3n) is 2.75. The van der Waals surface area contributed by atoms with Gasteiger partial charge in [-0.3, -0.25) is 0 Å². The van der Waals surface area contributed by atoms with Crippen LogP contribution in [0.3, 0.4) is 0 Å². The van der Waals surface area contributed by atoms with Crippen molar-refractivity contribution in [2.45, 2.75) is 0 Å². The number of hydrogen-bond acceptors (Lipinski definition) is 4. The van der Waals surface area contributed by atoms with E-state index >= 15 is 0 Å². The molecule has 0 bridgehead atoms. The Morgan fingerprint density at radius 2 is 1.48 bits per heavy atom. The molecule has 0 unspecified atom stereocenters. The highest BCUT2D eigenvalue weighted by Gasteiger charge is 2.14. The van der Waals surface area contributed by atoms with Gasteiger partial charge >= 0.3 is 0 Å². The summed E-state index contributed by atoms with van der Waals surface area (Å²) in [7, 11) is 0. The predicted molar refractivity (Wildman–Crippen MR) is 78.4 cm³/mol. The van der Waals surface area contributed by atoms with Gasteiger partial charge in [0, 0.05) is 5.56 Å². The van der Waals surface area contributed by atoms with Gasteiger partial charge in [0.2, 0.25) is 5.06 Å². The molecule has 0 radical (unpaired) electrons. The number of ether oxygens (including phenoxy) is 1. The zero-order chi connectivity index (χ0) is 14.8. The number of rotatable bonds is 3. The van der Waals surface area contributed by atoms with Crippen LogP contribution in [0.2, 0.25) is 0 Å². The maximum absolute atomic E-state index is 13.0. The summed E-state index contributed by atoms with van der Waals surface area (Å²) >= 11 is 1.17. The Bertz CT molecular complexity index is 754. The van der Waals surface area contributed by atoms with Crippen molar-refractivity contribution < 1.29 is 13.5 Å². The molecule has 0 aliphatic rings. The molecular formula is C15H10F2N2OS. The first-order valence-electron chi connectivity index (χ1n) is 6.07. The van der Waals surface area contributed by atoms with Crippen LogP contribution in [0, 0.1) is 11.6 Å². The average molecular weight is 304 g/mol. The standard InChI is InChI=1S/C15H10F2N2OS/c16-10-3-1-9(2-4-10)13-14(21-15(18)19-13)20-12-7-5-11(17)6-8-12/h1-8H,(H2,18,19). The summed E-state index contributed by atoms with van der Waals surface area (Å²) in [6.07, 6.45) is 0. The number of benzene rings is 2. The van der Waals surface area contributed by atoms with Gasteiger partial charge in [-0.15, -0.1) is 0 Å². The number of anilines is 1. The van der Waals surface area contributed by atoms with Gasteiger partial charge in [0.05, 0.1) is 0 Å². The molecule has 0 spiro atoms. The first-order chi connectivity index (χ1) is 10.1. The molecule has 0 aliphatic carbocycles. The quantitative estimate of drug-likeness (QED) is 0.777. The van der Waals surface area contributed by atoms with Gasteiger partial charge < -0.3 is 10.5 Å². The number of thiazole rings is 1. The highest BCUT2D eigenvalue weighted by molar-refractivity contribution is 7.17. The lowest BCUT2D eigenvalue weighted by atomic mass is 10.2. The minimum atomic E-state index is -0.343. The molecule has 0 atom stereocenters. The summed E-state index contributed by atoms with van der Waals surface area (Å²) in [5, 5.41) is 0.817. The van der Waals surface area contributed by atoms with Gasteiger partial charge in [0.15, 0.2) is 5.13 Å². The van der Waals surface area contributed by atoms with Crippen LogP contribution in [0.25, 0.3) is 11.3 Å². The lowest BCUT2D eigenvalue weighted by molar-refractivity contribution is 0.494. The summed E-state index contributed by atoms with van der Waals surface area (Å²) < 4.78 is 31.6. The normalized spacial score (nSPS) is 10.6. The second kappa shape index (κ2) is 5.49. The Hall–Kier alpha value is -2.47. The van der Waals surface area contributed by atoms with Crippen molar-refractivity contribution in [3.05, 3.63) is 60.2 Å². The van der Waals surface area contributed by atoms with E-state index in [-0.39, 0.29) is 11.6 Å². The van der Waals surface area contributed by atoms with Gasteiger partial charge in [-0.05, 0) is 48.5 Å². The van der Waals surface area contributed by atoms with E-state index in [0.717, 1.165) is 0 Å². The van der Waals surface area contributed by atoms with Crippen molar-refractivity contribution in [2.24, 2.45) is 0 Å². The summed E-state index contributed by atoms with van der Waals surface area (Å²) in [6, 6.07) is 11.5. The lowest BCUT2D eigenvalue weighted by Crippen LogP contribution is -1.87. The second-order valence-electron chi connectivity index (χ2n) is 4.25. The van der Waals surface area contributed by atoms with Crippen molar-refractivity contribution in [3.63, 3.8) is 0 Å². The van der Waals surface area contributed by atoms with Crippen molar-refractivity contribution in [1.82, 2.24) is 4.98 Å². The van der Waals surface area contributed by atoms with E-state index in [1.54, 1.807) is 12.1 Å². The zero-order valence-corrected chi connectivity index (χ0v) is 11.5. The van der Waals surface area contributed by atoms with Crippen molar-refractivity contribution in [2.75, 3.05) is 5.73 Å². The molecule has 3 rings (SSSR count). The summed E-state index contributed by atoms with van der Waals surface area (Å²) in [5.74, 6) is -0.198. The predicted octanol–water partition coefficient (Wildman–Crippen LogP) is 4.46. The first kappa shape index (κ1) is 13.5. The fraction of sp³-hybridized carbons (Fsp3) is 0. The van der Waals surface area contributed by atoms with E-state index in [1.807, 2.05) is 0 Å².